The van der Waals surface area contributed by atoms with E-state index in [1.54, 1.807) is 30.0 Å². The van der Waals surface area contributed by atoms with Crippen LogP contribution in [0.25, 0.3) is 5.69 Å². The molecule has 32 heavy (non-hydrogen) atoms. The summed E-state index contributed by atoms with van der Waals surface area (Å²) in [5, 5.41) is 3.16. The van der Waals surface area contributed by atoms with Gasteiger partial charge in [-0.3, -0.25) is 9.48 Å². The van der Waals surface area contributed by atoms with Gasteiger partial charge in [-0.15, -0.1) is 0 Å². The highest BCUT2D eigenvalue weighted by molar-refractivity contribution is 6.32. The minimum atomic E-state index is -4.71. The Kier molecular flexibility index (Phi) is 5.79. The van der Waals surface area contributed by atoms with Gasteiger partial charge >= 0.3 is 6.18 Å². The molecule has 0 bridgehead atoms. The molecule has 0 saturated carbocycles. The van der Waals surface area contributed by atoms with E-state index in [-0.39, 0.29) is 23.8 Å². The molecule has 0 spiro atoms. The van der Waals surface area contributed by atoms with E-state index < -0.39 is 22.9 Å². The van der Waals surface area contributed by atoms with Crippen molar-refractivity contribution in [2.45, 2.75) is 45.3 Å². The Hall–Kier alpha value is -2.81. The number of alkyl halides is 3. The predicted molar refractivity (Wildman–Crippen MR) is 113 cm³/mol. The van der Waals surface area contributed by atoms with Gasteiger partial charge in [-0.05, 0) is 56.5 Å². The molecule has 1 amide bonds. The second-order valence-corrected chi connectivity index (χ2v) is 8.08. The van der Waals surface area contributed by atoms with Crippen LogP contribution in [0.3, 0.4) is 0 Å². The third-order valence-corrected chi connectivity index (χ3v) is 6.19. The molecule has 0 saturated heterocycles. The van der Waals surface area contributed by atoms with E-state index in [0.717, 1.165) is 16.1 Å². The number of fused-ring (bicyclic) bond motifs is 1. The Morgan fingerprint density at radius 1 is 1.22 bits per heavy atom. The Balaban J connectivity index is 1.70. The molecule has 0 radical (unpaired) electrons. The monoisotopic (exact) mass is 468 g/mol. The number of aromatic nitrogens is 3. The Labute approximate surface area is 187 Å². The second-order valence-electron chi connectivity index (χ2n) is 7.70. The van der Waals surface area contributed by atoms with Crippen molar-refractivity contribution in [2.75, 3.05) is 11.4 Å². The van der Waals surface area contributed by atoms with Crippen molar-refractivity contribution >= 4 is 23.2 Å². The van der Waals surface area contributed by atoms with Crippen LogP contribution in [0.1, 0.15) is 42.9 Å². The number of rotatable bonds is 4. The maximum Gasteiger partial charge on any atom is 0.436 e. The standard InChI is InChI=1S/C22H21ClF4N4O/c1-3-16(31-13(2)19(23)20(28-31)22(25,26)27)21(32)30-11-4-5-17-18(30)10-12-29(17)15-8-6-14(24)7-9-15/h6-10,12,16H,3-5,11H2,1-2H3. The summed E-state index contributed by atoms with van der Waals surface area (Å²) in [5.41, 5.74) is 1.25. The molecule has 3 aromatic rings. The lowest BCUT2D eigenvalue weighted by atomic mass is 10.1. The smallest absolute Gasteiger partial charge is 0.319 e. The molecule has 2 aromatic heterocycles. The molecule has 1 aliphatic rings. The summed E-state index contributed by atoms with van der Waals surface area (Å²) in [6, 6.07) is 6.90. The van der Waals surface area contributed by atoms with Gasteiger partial charge in [0.15, 0.2) is 5.69 Å². The lowest BCUT2D eigenvalue weighted by Gasteiger charge is -2.31. The number of carbonyl (C=O) groups excluding carboxylic acids is 1. The summed E-state index contributed by atoms with van der Waals surface area (Å²) in [6.07, 6.45) is -1.25. The molecule has 3 heterocycles. The molecule has 10 heteroatoms. The maximum absolute atomic E-state index is 13.5. The number of halogens is 5. The Bertz CT molecular complexity index is 1150. The molecule has 1 aromatic carbocycles. The fourth-order valence-electron chi connectivity index (χ4n) is 4.16. The first-order valence-corrected chi connectivity index (χ1v) is 10.6. The minimum absolute atomic E-state index is 0.0975. The van der Waals surface area contributed by atoms with Crippen molar-refractivity contribution in [3.8, 4) is 5.69 Å². The summed E-state index contributed by atoms with van der Waals surface area (Å²) in [4.78, 5) is 15.1. The van der Waals surface area contributed by atoms with Crippen molar-refractivity contribution in [1.29, 1.82) is 0 Å². The number of hydrogen-bond donors (Lipinski definition) is 0. The molecular formula is C22H21ClF4N4O. The van der Waals surface area contributed by atoms with E-state index in [1.807, 2.05) is 10.8 Å². The van der Waals surface area contributed by atoms with Gasteiger partial charge in [-0.2, -0.15) is 18.3 Å². The van der Waals surface area contributed by atoms with Crippen LogP contribution in [0.4, 0.5) is 23.2 Å². The van der Waals surface area contributed by atoms with E-state index in [2.05, 4.69) is 5.10 Å². The molecule has 1 atom stereocenters. The number of benzene rings is 1. The van der Waals surface area contributed by atoms with Gasteiger partial charge in [0, 0.05) is 24.1 Å². The van der Waals surface area contributed by atoms with Gasteiger partial charge in [0.1, 0.15) is 11.9 Å². The molecule has 1 aliphatic heterocycles. The van der Waals surface area contributed by atoms with Crippen LogP contribution >= 0.6 is 11.6 Å². The number of carbonyl (C=O) groups is 1. The summed E-state index contributed by atoms with van der Waals surface area (Å²) < 4.78 is 56.1. The Morgan fingerprint density at radius 3 is 2.50 bits per heavy atom. The van der Waals surface area contributed by atoms with E-state index in [1.165, 1.54) is 19.1 Å². The fraction of sp³-hybridized carbons (Fsp3) is 0.364. The molecule has 0 N–H and O–H groups in total. The lowest BCUT2D eigenvalue weighted by Crippen LogP contribution is -2.41. The summed E-state index contributed by atoms with van der Waals surface area (Å²) in [6.45, 7) is 3.59. The number of amides is 1. The van der Waals surface area contributed by atoms with Gasteiger partial charge in [-0.25, -0.2) is 4.39 Å². The molecule has 5 nitrogen and oxygen atoms in total. The highest BCUT2D eigenvalue weighted by Crippen LogP contribution is 2.38. The van der Waals surface area contributed by atoms with Gasteiger partial charge < -0.3 is 9.47 Å². The zero-order valence-electron chi connectivity index (χ0n) is 17.5. The number of anilines is 1. The average molecular weight is 469 g/mol. The van der Waals surface area contributed by atoms with Crippen molar-refractivity contribution in [1.82, 2.24) is 14.3 Å². The van der Waals surface area contributed by atoms with Gasteiger partial charge in [0.2, 0.25) is 0 Å². The molecule has 0 aliphatic carbocycles. The summed E-state index contributed by atoms with van der Waals surface area (Å²) in [5.74, 6) is -0.690. The van der Waals surface area contributed by atoms with Crippen molar-refractivity contribution in [2.24, 2.45) is 0 Å². The van der Waals surface area contributed by atoms with Crippen molar-refractivity contribution in [3.63, 3.8) is 0 Å². The first-order valence-electron chi connectivity index (χ1n) is 10.2. The average Bonchev–Trinajstić information content (AvgIpc) is 3.31. The lowest BCUT2D eigenvalue weighted by molar-refractivity contribution is -0.141. The van der Waals surface area contributed by atoms with Crippen LogP contribution in [0.2, 0.25) is 5.02 Å². The van der Waals surface area contributed by atoms with E-state index in [4.69, 9.17) is 11.6 Å². The first kappa shape index (κ1) is 22.4. The minimum Gasteiger partial charge on any atom is -0.319 e. The van der Waals surface area contributed by atoms with Crippen LogP contribution in [0, 0.1) is 12.7 Å². The number of nitrogens with zero attached hydrogens (tertiary/aromatic N) is 4. The number of hydrogen-bond acceptors (Lipinski definition) is 2. The van der Waals surface area contributed by atoms with Gasteiger partial charge in [-0.1, -0.05) is 18.5 Å². The summed E-state index contributed by atoms with van der Waals surface area (Å²) in [7, 11) is 0. The third kappa shape index (κ3) is 3.79. The van der Waals surface area contributed by atoms with Crippen LogP contribution in [0.5, 0.6) is 0 Å². The zero-order valence-corrected chi connectivity index (χ0v) is 18.2. The SMILES string of the molecule is CCC(C(=O)N1CCCc2c1ccn2-c1ccc(F)cc1)n1nc(C(F)(F)F)c(Cl)c1C. The van der Waals surface area contributed by atoms with E-state index in [0.29, 0.717) is 25.1 Å². The molecule has 4 rings (SSSR count). The van der Waals surface area contributed by atoms with E-state index >= 15 is 0 Å². The van der Waals surface area contributed by atoms with Crippen molar-refractivity contribution in [3.05, 3.63) is 64.5 Å². The van der Waals surface area contributed by atoms with Crippen LogP contribution in [-0.4, -0.2) is 26.8 Å². The largest absolute Gasteiger partial charge is 0.436 e. The highest BCUT2D eigenvalue weighted by Gasteiger charge is 2.40. The van der Waals surface area contributed by atoms with Crippen LogP contribution < -0.4 is 4.90 Å². The van der Waals surface area contributed by atoms with E-state index in [9.17, 15) is 22.4 Å². The second kappa shape index (κ2) is 8.27. The normalized spacial score (nSPS) is 15.0. The van der Waals surface area contributed by atoms with Crippen LogP contribution in [-0.2, 0) is 17.4 Å². The fourth-order valence-corrected chi connectivity index (χ4v) is 4.39. The quantitative estimate of drug-likeness (QED) is 0.459. The maximum atomic E-state index is 13.5. The van der Waals surface area contributed by atoms with Gasteiger partial charge in [0.05, 0.1) is 16.4 Å². The summed E-state index contributed by atoms with van der Waals surface area (Å²) >= 11 is 5.90. The molecule has 0 fully saturated rings. The van der Waals surface area contributed by atoms with Gasteiger partial charge in [0.25, 0.3) is 5.91 Å². The molecular weight excluding hydrogens is 448 g/mol. The molecule has 1 unspecified atom stereocenters. The topological polar surface area (TPSA) is 43.1 Å². The third-order valence-electron chi connectivity index (χ3n) is 5.74. The zero-order chi connectivity index (χ0) is 23.2. The highest BCUT2D eigenvalue weighted by atomic mass is 35.5. The molecule has 170 valence electrons. The van der Waals surface area contributed by atoms with Crippen LogP contribution in [0.15, 0.2) is 36.5 Å². The Morgan fingerprint density at radius 2 is 1.91 bits per heavy atom. The first-order chi connectivity index (χ1) is 15.1. The predicted octanol–water partition coefficient (Wildman–Crippen LogP) is 5.72. The van der Waals surface area contributed by atoms with Crippen molar-refractivity contribution < 1.29 is 22.4 Å².